The van der Waals surface area contributed by atoms with E-state index in [0.29, 0.717) is 11.3 Å². The van der Waals surface area contributed by atoms with E-state index < -0.39 is 5.97 Å². The molecule has 6 nitrogen and oxygen atoms in total. The van der Waals surface area contributed by atoms with Gasteiger partial charge in [0, 0.05) is 18.2 Å². The van der Waals surface area contributed by atoms with Crippen molar-refractivity contribution in [3.05, 3.63) is 71.8 Å². The Morgan fingerprint density at radius 3 is 2.37 bits per heavy atom. The Kier molecular flexibility index (Phi) is 7.78. The molecule has 0 atom stereocenters. The molecular weight excluding hydrogens is 346 g/mol. The molecule has 0 radical (unpaired) electrons. The van der Waals surface area contributed by atoms with Crippen LogP contribution in [0.5, 0.6) is 5.75 Å². The van der Waals surface area contributed by atoms with Gasteiger partial charge in [-0.1, -0.05) is 30.3 Å². The van der Waals surface area contributed by atoms with Gasteiger partial charge in [-0.3, -0.25) is 14.4 Å². The molecule has 0 aliphatic rings. The lowest BCUT2D eigenvalue weighted by atomic mass is 10.1. The Morgan fingerprint density at radius 2 is 1.70 bits per heavy atom. The van der Waals surface area contributed by atoms with E-state index in [1.807, 2.05) is 30.3 Å². The zero-order valence-corrected chi connectivity index (χ0v) is 15.0. The van der Waals surface area contributed by atoms with Crippen molar-refractivity contribution in [2.24, 2.45) is 0 Å². The summed E-state index contributed by atoms with van der Waals surface area (Å²) in [5.41, 5.74) is 1.34. The van der Waals surface area contributed by atoms with Crippen LogP contribution in [-0.4, -0.2) is 37.9 Å². The van der Waals surface area contributed by atoms with E-state index in [2.05, 4.69) is 5.32 Å². The van der Waals surface area contributed by atoms with Gasteiger partial charge in [0.25, 0.3) is 0 Å². The van der Waals surface area contributed by atoms with E-state index in [1.54, 1.807) is 30.3 Å². The molecule has 1 N–H and O–H groups in total. The first-order valence-corrected chi connectivity index (χ1v) is 8.42. The van der Waals surface area contributed by atoms with Gasteiger partial charge >= 0.3 is 5.97 Å². The Morgan fingerprint density at radius 1 is 1.00 bits per heavy atom. The van der Waals surface area contributed by atoms with Gasteiger partial charge in [0.05, 0.1) is 13.5 Å². The lowest BCUT2D eigenvalue weighted by molar-refractivity contribution is -0.142. The largest absolute Gasteiger partial charge is 0.497 e. The summed E-state index contributed by atoms with van der Waals surface area (Å²) in [4.78, 5) is 35.3. The van der Waals surface area contributed by atoms with E-state index >= 15 is 0 Å². The molecule has 2 rings (SSSR count). The number of benzene rings is 2. The quantitative estimate of drug-likeness (QED) is 0.419. The molecule has 0 spiro atoms. The first-order valence-electron chi connectivity index (χ1n) is 8.42. The summed E-state index contributed by atoms with van der Waals surface area (Å²) in [6, 6.07) is 15.9. The number of rotatable bonds is 9. The molecule has 0 saturated heterocycles. The smallest absolute Gasteiger partial charge is 0.308 e. The van der Waals surface area contributed by atoms with Gasteiger partial charge in [-0.05, 0) is 35.9 Å². The molecular formula is C21H21NO5. The minimum Gasteiger partial charge on any atom is -0.497 e. The number of Topliss-reactive ketones (excluding diaryl/α,β-unsaturated/α-hetero) is 1. The summed E-state index contributed by atoms with van der Waals surface area (Å²) >= 11 is 0. The third-order valence-electron chi connectivity index (χ3n) is 3.63. The maximum Gasteiger partial charge on any atom is 0.308 e. The summed E-state index contributed by atoms with van der Waals surface area (Å²) in [7, 11) is 1.54. The zero-order valence-electron chi connectivity index (χ0n) is 15.0. The van der Waals surface area contributed by atoms with Crippen molar-refractivity contribution in [1.82, 2.24) is 5.32 Å². The summed E-state index contributed by atoms with van der Waals surface area (Å²) in [5.74, 6) is -0.522. The van der Waals surface area contributed by atoms with Crippen molar-refractivity contribution < 1.29 is 23.9 Å². The van der Waals surface area contributed by atoms with Crippen molar-refractivity contribution in [3.8, 4) is 5.75 Å². The Labute approximate surface area is 157 Å². The number of hydrogen-bond donors (Lipinski definition) is 1. The molecule has 0 heterocycles. The Balaban J connectivity index is 1.66. The fourth-order valence-electron chi connectivity index (χ4n) is 2.16. The van der Waals surface area contributed by atoms with Gasteiger partial charge < -0.3 is 14.8 Å². The first kappa shape index (κ1) is 19.9. The predicted octanol–water partition coefficient (Wildman–Crippen LogP) is 2.64. The van der Waals surface area contributed by atoms with Gasteiger partial charge in [0.1, 0.15) is 5.75 Å². The fourth-order valence-corrected chi connectivity index (χ4v) is 2.16. The molecule has 0 aliphatic carbocycles. The van der Waals surface area contributed by atoms with Gasteiger partial charge in [0.15, 0.2) is 12.4 Å². The number of nitrogens with one attached hydrogen (secondary N) is 1. The highest BCUT2D eigenvalue weighted by Crippen LogP contribution is 2.11. The predicted molar refractivity (Wildman–Crippen MR) is 101 cm³/mol. The number of esters is 1. The molecule has 0 aliphatic heterocycles. The lowest BCUT2D eigenvalue weighted by Gasteiger charge is -2.06. The highest BCUT2D eigenvalue weighted by molar-refractivity contribution is 5.98. The average Bonchev–Trinajstić information content (AvgIpc) is 2.71. The van der Waals surface area contributed by atoms with Crippen LogP contribution in [0.1, 0.15) is 22.3 Å². The van der Waals surface area contributed by atoms with Crippen LogP contribution in [0.4, 0.5) is 0 Å². The van der Waals surface area contributed by atoms with Crippen LogP contribution in [0.3, 0.4) is 0 Å². The normalized spacial score (nSPS) is 10.4. The second-order valence-electron chi connectivity index (χ2n) is 5.60. The minimum atomic E-state index is -0.552. The summed E-state index contributed by atoms with van der Waals surface area (Å²) < 4.78 is 9.95. The van der Waals surface area contributed by atoms with E-state index in [1.165, 1.54) is 13.2 Å². The average molecular weight is 367 g/mol. The second-order valence-corrected chi connectivity index (χ2v) is 5.60. The molecule has 0 aromatic heterocycles. The number of carbonyl (C=O) groups is 3. The summed E-state index contributed by atoms with van der Waals surface area (Å²) in [6.45, 7) is -0.208. The topological polar surface area (TPSA) is 81.7 Å². The Bertz CT molecular complexity index is 797. The molecule has 140 valence electrons. The van der Waals surface area contributed by atoms with Crippen LogP contribution >= 0.6 is 0 Å². The number of ketones is 1. The van der Waals surface area contributed by atoms with Gasteiger partial charge in [-0.25, -0.2) is 0 Å². The van der Waals surface area contributed by atoms with E-state index in [9.17, 15) is 14.4 Å². The fraction of sp³-hybridized carbons (Fsp3) is 0.190. The van der Waals surface area contributed by atoms with Crippen molar-refractivity contribution >= 4 is 23.7 Å². The monoisotopic (exact) mass is 367 g/mol. The molecule has 27 heavy (non-hydrogen) atoms. The number of methoxy groups -OCH3 is 1. The maximum atomic E-state index is 12.0. The standard InChI is InChI=1S/C21H21NO5/c1-26-18-10-8-17(9-11-18)19(23)15-27-21(25)13-14-22-20(24)12-7-16-5-3-2-4-6-16/h2-12H,13-15H2,1H3,(H,22,24)/b12-7+. The van der Waals surface area contributed by atoms with Crippen LogP contribution in [0.15, 0.2) is 60.7 Å². The van der Waals surface area contributed by atoms with Crippen molar-refractivity contribution in [3.63, 3.8) is 0 Å². The van der Waals surface area contributed by atoms with Crippen LogP contribution < -0.4 is 10.1 Å². The molecule has 0 saturated carbocycles. The van der Waals surface area contributed by atoms with Gasteiger partial charge in [-0.15, -0.1) is 0 Å². The van der Waals surface area contributed by atoms with Gasteiger partial charge in [-0.2, -0.15) is 0 Å². The van der Waals surface area contributed by atoms with E-state index in [-0.39, 0.29) is 31.3 Å². The van der Waals surface area contributed by atoms with E-state index in [4.69, 9.17) is 9.47 Å². The number of carbonyl (C=O) groups excluding carboxylic acids is 3. The number of ether oxygens (including phenoxy) is 2. The Hall–Kier alpha value is -3.41. The molecule has 0 unspecified atom stereocenters. The van der Waals surface area contributed by atoms with Crippen LogP contribution in [-0.2, 0) is 14.3 Å². The summed E-state index contributed by atoms with van der Waals surface area (Å²) in [5, 5.41) is 2.59. The first-order chi connectivity index (χ1) is 13.1. The second kappa shape index (κ2) is 10.6. The van der Waals surface area contributed by atoms with Crippen molar-refractivity contribution in [2.45, 2.75) is 6.42 Å². The van der Waals surface area contributed by atoms with Crippen molar-refractivity contribution in [2.75, 3.05) is 20.3 Å². The molecule has 6 heteroatoms. The minimum absolute atomic E-state index is 0.0131. The molecule has 2 aromatic rings. The van der Waals surface area contributed by atoms with Crippen LogP contribution in [0, 0.1) is 0 Å². The number of amides is 1. The molecule has 1 amide bonds. The zero-order chi connectivity index (χ0) is 19.5. The maximum absolute atomic E-state index is 12.0. The van der Waals surface area contributed by atoms with Crippen LogP contribution in [0.25, 0.3) is 6.08 Å². The number of hydrogen-bond acceptors (Lipinski definition) is 5. The van der Waals surface area contributed by atoms with Gasteiger partial charge in [0.2, 0.25) is 5.91 Å². The summed E-state index contributed by atoms with van der Waals surface area (Å²) in [6.07, 6.45) is 3.07. The highest BCUT2D eigenvalue weighted by atomic mass is 16.5. The van der Waals surface area contributed by atoms with Crippen molar-refractivity contribution in [1.29, 1.82) is 0 Å². The lowest BCUT2D eigenvalue weighted by Crippen LogP contribution is -2.25. The third kappa shape index (κ3) is 7.15. The molecule has 0 bridgehead atoms. The SMILES string of the molecule is COc1ccc(C(=O)COC(=O)CCNC(=O)/C=C/c2ccccc2)cc1. The molecule has 0 fully saturated rings. The highest BCUT2D eigenvalue weighted by Gasteiger charge is 2.10. The molecule has 2 aromatic carbocycles. The van der Waals surface area contributed by atoms with Crippen LogP contribution in [0.2, 0.25) is 0 Å². The third-order valence-corrected chi connectivity index (χ3v) is 3.63. The van der Waals surface area contributed by atoms with E-state index in [0.717, 1.165) is 5.56 Å².